The number of benzene rings is 2. The van der Waals surface area contributed by atoms with Crippen LogP contribution in [0.1, 0.15) is 33.6 Å². The standard InChI is InChI=1S/C18H14BrClN2O3/c19-11-7-8-15(14(20)10-11)21-16(23)6-3-9-22-17(24)12-4-1-2-5-13(12)18(22)25/h1-2,4-5,7-8,10H,3,6,9H2,(H,21,23). The lowest BCUT2D eigenvalue weighted by molar-refractivity contribution is -0.116. The van der Waals surface area contributed by atoms with E-state index in [2.05, 4.69) is 21.2 Å². The number of nitrogens with zero attached hydrogens (tertiary/aromatic N) is 1. The van der Waals surface area contributed by atoms with Crippen LogP contribution in [-0.2, 0) is 4.79 Å². The van der Waals surface area contributed by atoms with Crippen molar-refractivity contribution >= 4 is 50.9 Å². The molecule has 0 aromatic heterocycles. The molecule has 1 aliphatic heterocycles. The summed E-state index contributed by atoms with van der Waals surface area (Å²) in [6.45, 7) is 0.202. The van der Waals surface area contributed by atoms with E-state index in [0.29, 0.717) is 28.3 Å². The smallest absolute Gasteiger partial charge is 0.261 e. The van der Waals surface area contributed by atoms with Gasteiger partial charge >= 0.3 is 0 Å². The highest BCUT2D eigenvalue weighted by Gasteiger charge is 2.34. The van der Waals surface area contributed by atoms with Crippen molar-refractivity contribution in [3.63, 3.8) is 0 Å². The van der Waals surface area contributed by atoms with E-state index in [-0.39, 0.29) is 30.7 Å². The number of carbonyl (C=O) groups excluding carboxylic acids is 3. The molecular formula is C18H14BrClN2O3. The van der Waals surface area contributed by atoms with E-state index in [1.165, 1.54) is 4.90 Å². The average Bonchev–Trinajstić information content (AvgIpc) is 2.83. The number of fused-ring (bicyclic) bond motifs is 1. The molecule has 1 aliphatic rings. The van der Waals surface area contributed by atoms with Crippen LogP contribution in [0.3, 0.4) is 0 Å². The molecule has 7 heteroatoms. The second-order valence-corrected chi connectivity index (χ2v) is 6.91. The van der Waals surface area contributed by atoms with Crippen LogP contribution in [-0.4, -0.2) is 29.2 Å². The summed E-state index contributed by atoms with van der Waals surface area (Å²) in [6, 6.07) is 11.9. The van der Waals surface area contributed by atoms with E-state index in [1.54, 1.807) is 42.5 Å². The van der Waals surface area contributed by atoms with Crippen LogP contribution in [0.25, 0.3) is 0 Å². The maximum Gasteiger partial charge on any atom is 0.261 e. The Labute approximate surface area is 158 Å². The molecule has 1 heterocycles. The molecule has 1 N–H and O–H groups in total. The highest BCUT2D eigenvalue weighted by atomic mass is 79.9. The number of amides is 3. The van der Waals surface area contributed by atoms with Crippen LogP contribution >= 0.6 is 27.5 Å². The molecule has 3 amide bonds. The van der Waals surface area contributed by atoms with E-state index >= 15 is 0 Å². The first-order valence-corrected chi connectivity index (χ1v) is 8.84. The summed E-state index contributed by atoms with van der Waals surface area (Å²) in [4.78, 5) is 37.7. The molecule has 0 saturated carbocycles. The predicted octanol–water partition coefficient (Wildman–Crippen LogP) is 4.12. The van der Waals surface area contributed by atoms with Crippen LogP contribution in [0.5, 0.6) is 0 Å². The number of carbonyl (C=O) groups is 3. The summed E-state index contributed by atoms with van der Waals surface area (Å²) in [5.41, 5.74) is 1.35. The largest absolute Gasteiger partial charge is 0.325 e. The first-order valence-electron chi connectivity index (χ1n) is 7.67. The lowest BCUT2D eigenvalue weighted by atomic mass is 10.1. The number of hydrogen-bond donors (Lipinski definition) is 1. The molecule has 0 unspecified atom stereocenters. The van der Waals surface area contributed by atoms with Crippen LogP contribution in [0.4, 0.5) is 5.69 Å². The monoisotopic (exact) mass is 420 g/mol. The van der Waals surface area contributed by atoms with E-state index in [1.807, 2.05) is 0 Å². The topological polar surface area (TPSA) is 66.5 Å². The lowest BCUT2D eigenvalue weighted by Gasteiger charge is -2.13. The zero-order valence-electron chi connectivity index (χ0n) is 13.1. The fourth-order valence-electron chi connectivity index (χ4n) is 2.64. The van der Waals surface area contributed by atoms with Gasteiger partial charge in [-0.3, -0.25) is 19.3 Å². The zero-order chi connectivity index (χ0) is 18.0. The molecule has 0 atom stereocenters. The van der Waals surface area contributed by atoms with E-state index in [4.69, 9.17) is 11.6 Å². The van der Waals surface area contributed by atoms with Gasteiger partial charge in [0.05, 0.1) is 21.8 Å². The van der Waals surface area contributed by atoms with Crippen molar-refractivity contribution in [1.29, 1.82) is 0 Å². The van der Waals surface area contributed by atoms with Gasteiger partial charge in [-0.2, -0.15) is 0 Å². The van der Waals surface area contributed by atoms with E-state index < -0.39 is 0 Å². The molecule has 2 aromatic rings. The number of nitrogens with one attached hydrogen (secondary N) is 1. The molecule has 0 spiro atoms. The van der Waals surface area contributed by atoms with Gasteiger partial charge in [-0.1, -0.05) is 39.7 Å². The SMILES string of the molecule is O=C(CCCN1C(=O)c2ccccc2C1=O)Nc1ccc(Br)cc1Cl. The van der Waals surface area contributed by atoms with Gasteiger partial charge in [0.2, 0.25) is 5.91 Å². The van der Waals surface area contributed by atoms with Crippen LogP contribution in [0, 0.1) is 0 Å². The molecule has 5 nitrogen and oxygen atoms in total. The van der Waals surface area contributed by atoms with Crippen molar-refractivity contribution in [2.75, 3.05) is 11.9 Å². The highest BCUT2D eigenvalue weighted by molar-refractivity contribution is 9.10. The Bertz CT molecular complexity index is 834. The third kappa shape index (κ3) is 3.75. The number of anilines is 1. The lowest BCUT2D eigenvalue weighted by Crippen LogP contribution is -2.31. The van der Waals surface area contributed by atoms with E-state index in [0.717, 1.165) is 4.47 Å². The quantitative estimate of drug-likeness (QED) is 0.739. The maximum atomic E-state index is 12.2. The van der Waals surface area contributed by atoms with E-state index in [9.17, 15) is 14.4 Å². The van der Waals surface area contributed by atoms with Crippen LogP contribution in [0.15, 0.2) is 46.9 Å². The maximum absolute atomic E-state index is 12.2. The summed E-state index contributed by atoms with van der Waals surface area (Å²) >= 11 is 9.36. The third-order valence-corrected chi connectivity index (χ3v) is 4.67. The Hall–Kier alpha value is -2.18. The fraction of sp³-hybridized carbons (Fsp3) is 0.167. The summed E-state index contributed by atoms with van der Waals surface area (Å²) in [5, 5.41) is 3.16. The molecule has 0 fully saturated rings. The van der Waals surface area contributed by atoms with Crippen LogP contribution < -0.4 is 5.32 Å². The molecule has 0 aliphatic carbocycles. The summed E-state index contributed by atoms with van der Waals surface area (Å²) < 4.78 is 0.820. The number of rotatable bonds is 5. The predicted molar refractivity (Wildman–Crippen MR) is 98.8 cm³/mol. The van der Waals surface area contributed by atoms with Crippen molar-refractivity contribution in [3.05, 3.63) is 63.1 Å². The Kier molecular flexibility index (Phi) is 5.20. The molecule has 0 bridgehead atoms. The molecule has 0 radical (unpaired) electrons. The number of halogens is 2. The number of imide groups is 1. The minimum Gasteiger partial charge on any atom is -0.325 e. The highest BCUT2D eigenvalue weighted by Crippen LogP contribution is 2.26. The Morgan fingerprint density at radius 3 is 2.32 bits per heavy atom. The van der Waals surface area contributed by atoms with Gasteiger partial charge in [0.15, 0.2) is 0 Å². The minimum absolute atomic E-state index is 0.180. The first kappa shape index (κ1) is 17.6. The first-order chi connectivity index (χ1) is 12.0. The van der Waals surface area contributed by atoms with Gasteiger partial charge < -0.3 is 5.32 Å². The fourth-order valence-corrected chi connectivity index (χ4v) is 3.36. The van der Waals surface area contributed by atoms with Crippen molar-refractivity contribution in [2.24, 2.45) is 0 Å². The second-order valence-electron chi connectivity index (χ2n) is 5.58. The van der Waals surface area contributed by atoms with Crippen LogP contribution in [0.2, 0.25) is 5.02 Å². The molecular weight excluding hydrogens is 408 g/mol. The molecule has 128 valence electrons. The summed E-state index contributed by atoms with van der Waals surface area (Å²) in [7, 11) is 0. The van der Waals surface area contributed by atoms with Gasteiger partial charge in [0.1, 0.15) is 0 Å². The van der Waals surface area contributed by atoms with Crippen molar-refractivity contribution in [2.45, 2.75) is 12.8 Å². The third-order valence-electron chi connectivity index (χ3n) is 3.87. The molecule has 0 saturated heterocycles. The van der Waals surface area contributed by atoms with Gasteiger partial charge in [-0.25, -0.2) is 0 Å². The molecule has 3 rings (SSSR count). The second kappa shape index (κ2) is 7.37. The Balaban J connectivity index is 1.54. The summed E-state index contributed by atoms with van der Waals surface area (Å²) in [5.74, 6) is -0.838. The van der Waals surface area contributed by atoms with Crippen molar-refractivity contribution in [3.8, 4) is 0 Å². The minimum atomic E-state index is -0.308. The Morgan fingerprint density at radius 2 is 1.72 bits per heavy atom. The number of hydrogen-bond acceptors (Lipinski definition) is 3. The molecule has 25 heavy (non-hydrogen) atoms. The Morgan fingerprint density at radius 1 is 1.08 bits per heavy atom. The van der Waals surface area contributed by atoms with Crippen molar-refractivity contribution < 1.29 is 14.4 Å². The average molecular weight is 422 g/mol. The van der Waals surface area contributed by atoms with Gasteiger partial charge in [-0.15, -0.1) is 0 Å². The van der Waals surface area contributed by atoms with Gasteiger partial charge in [0.25, 0.3) is 11.8 Å². The van der Waals surface area contributed by atoms with Gasteiger partial charge in [-0.05, 0) is 36.8 Å². The van der Waals surface area contributed by atoms with Crippen molar-refractivity contribution in [1.82, 2.24) is 4.90 Å². The zero-order valence-corrected chi connectivity index (χ0v) is 15.4. The molecule has 2 aromatic carbocycles. The van der Waals surface area contributed by atoms with Gasteiger partial charge in [0, 0.05) is 17.4 Å². The normalized spacial score (nSPS) is 13.1. The summed E-state index contributed by atoms with van der Waals surface area (Å²) in [6.07, 6.45) is 0.561.